The number of ether oxygens (including phenoxy) is 2. The Morgan fingerprint density at radius 2 is 1.58 bits per heavy atom. The van der Waals surface area contributed by atoms with Crippen molar-refractivity contribution in [2.45, 2.75) is 44.6 Å². The molecule has 38 heavy (non-hydrogen) atoms. The third kappa shape index (κ3) is 4.45. The van der Waals surface area contributed by atoms with Gasteiger partial charge in [0.2, 0.25) is 0 Å². The van der Waals surface area contributed by atoms with Crippen molar-refractivity contribution in [2.75, 3.05) is 19.0 Å². The van der Waals surface area contributed by atoms with Gasteiger partial charge in [0.1, 0.15) is 11.5 Å². The maximum absolute atomic E-state index is 14.0. The van der Waals surface area contributed by atoms with Crippen LogP contribution in [0.1, 0.15) is 61.3 Å². The summed E-state index contributed by atoms with van der Waals surface area (Å²) >= 11 is 0. The topological polar surface area (TPSA) is 47.6 Å². The van der Waals surface area contributed by atoms with E-state index in [1.54, 1.807) is 7.11 Å². The van der Waals surface area contributed by atoms with E-state index in [0.717, 1.165) is 54.2 Å². The smallest absolute Gasteiger partial charge is 0.162 e. The molecule has 1 N–H and O–H groups in total. The largest absolute Gasteiger partial charge is 0.497 e. The highest BCUT2D eigenvalue weighted by molar-refractivity contribution is 6.13. The molecule has 0 saturated heterocycles. The lowest BCUT2D eigenvalue weighted by molar-refractivity contribution is -0.116. The molecule has 4 heteroatoms. The van der Waals surface area contributed by atoms with Crippen LogP contribution in [-0.4, -0.2) is 19.5 Å². The second kappa shape index (κ2) is 10.4. The molecule has 0 amide bonds. The first-order chi connectivity index (χ1) is 18.7. The Hall–Kier alpha value is -4.05. The van der Waals surface area contributed by atoms with Gasteiger partial charge in [0.05, 0.1) is 19.8 Å². The number of fused-ring (bicyclic) bond motifs is 4. The summed E-state index contributed by atoms with van der Waals surface area (Å²) in [5, 5.41) is 6.10. The van der Waals surface area contributed by atoms with Gasteiger partial charge in [-0.05, 0) is 76.6 Å². The monoisotopic (exact) mass is 503 g/mol. The third-order valence-corrected chi connectivity index (χ3v) is 7.89. The molecule has 4 aromatic carbocycles. The molecule has 0 bridgehead atoms. The number of carbonyl (C=O) groups excluding carboxylic acids is 1. The third-order valence-electron chi connectivity index (χ3n) is 7.89. The van der Waals surface area contributed by atoms with Crippen molar-refractivity contribution in [3.05, 3.63) is 107 Å². The van der Waals surface area contributed by atoms with Crippen molar-refractivity contribution in [2.24, 2.45) is 0 Å². The van der Waals surface area contributed by atoms with Crippen molar-refractivity contribution in [3.63, 3.8) is 0 Å². The average Bonchev–Trinajstić information content (AvgIpc) is 2.97. The Kier molecular flexibility index (Phi) is 6.63. The number of hydrogen-bond acceptors (Lipinski definition) is 4. The summed E-state index contributed by atoms with van der Waals surface area (Å²) in [5.74, 6) is 2.04. The van der Waals surface area contributed by atoms with Gasteiger partial charge >= 0.3 is 0 Å². The highest BCUT2D eigenvalue weighted by Gasteiger charge is 2.38. The lowest BCUT2D eigenvalue weighted by Gasteiger charge is -2.37. The summed E-state index contributed by atoms with van der Waals surface area (Å²) < 4.78 is 11.3. The van der Waals surface area contributed by atoms with Gasteiger partial charge in [0.25, 0.3) is 0 Å². The van der Waals surface area contributed by atoms with Crippen molar-refractivity contribution in [1.29, 1.82) is 0 Å². The van der Waals surface area contributed by atoms with Crippen molar-refractivity contribution >= 4 is 27.8 Å². The number of anilines is 1. The maximum Gasteiger partial charge on any atom is 0.162 e. The van der Waals surface area contributed by atoms with Crippen LogP contribution in [0.25, 0.3) is 16.3 Å². The first-order valence-electron chi connectivity index (χ1n) is 13.6. The quantitative estimate of drug-likeness (QED) is 0.259. The SMILES string of the molecule is CCCCOc1ccc([C@@H]2CC(=O)C3=C(C2)c2c(ccc4ccccc24)N[C@H]3c2ccc(OC)cc2)cc1. The molecule has 2 aliphatic rings. The molecule has 4 nitrogen and oxygen atoms in total. The van der Waals surface area contributed by atoms with Crippen LogP contribution in [0.5, 0.6) is 11.5 Å². The molecule has 0 aromatic heterocycles. The van der Waals surface area contributed by atoms with E-state index in [0.29, 0.717) is 6.42 Å². The molecule has 1 aliphatic carbocycles. The zero-order chi connectivity index (χ0) is 26.1. The minimum Gasteiger partial charge on any atom is -0.497 e. The standard InChI is InChI=1S/C34H33NO3/c1-3-4-19-38-27-16-9-22(10-17-27)25-20-29-32-28-8-6-5-7-23(28)13-18-30(32)35-34(33(29)31(36)21-25)24-11-14-26(37-2)15-12-24/h5-18,25,34-35H,3-4,19-21H2,1-2H3/t25-,34-/m0/s1. The minimum atomic E-state index is -0.188. The highest BCUT2D eigenvalue weighted by atomic mass is 16.5. The summed E-state index contributed by atoms with van der Waals surface area (Å²) in [6.07, 6.45) is 3.49. The van der Waals surface area contributed by atoms with E-state index >= 15 is 0 Å². The minimum absolute atomic E-state index is 0.132. The van der Waals surface area contributed by atoms with Gasteiger partial charge in [0, 0.05) is 23.2 Å². The van der Waals surface area contributed by atoms with Gasteiger partial charge in [-0.25, -0.2) is 0 Å². The Labute approximate surface area is 224 Å². The molecule has 0 spiro atoms. The molecule has 6 rings (SSSR count). The van der Waals surface area contributed by atoms with Gasteiger partial charge in [-0.1, -0.05) is 67.9 Å². The van der Waals surface area contributed by atoms with E-state index in [-0.39, 0.29) is 17.7 Å². The fraction of sp³-hybridized carbons (Fsp3) is 0.265. The van der Waals surface area contributed by atoms with Gasteiger partial charge in [0.15, 0.2) is 5.78 Å². The average molecular weight is 504 g/mol. The Morgan fingerprint density at radius 1 is 0.842 bits per heavy atom. The number of carbonyl (C=O) groups is 1. The number of allylic oxidation sites excluding steroid dienone is 1. The fourth-order valence-corrected chi connectivity index (χ4v) is 5.90. The zero-order valence-electron chi connectivity index (χ0n) is 22.0. The van der Waals surface area contributed by atoms with Crippen molar-refractivity contribution in [3.8, 4) is 11.5 Å². The van der Waals surface area contributed by atoms with Crippen LogP contribution >= 0.6 is 0 Å². The van der Waals surface area contributed by atoms with Gasteiger partial charge in [-0.15, -0.1) is 0 Å². The number of rotatable bonds is 7. The number of methoxy groups -OCH3 is 1. The van der Waals surface area contributed by atoms with Gasteiger partial charge < -0.3 is 14.8 Å². The Morgan fingerprint density at radius 3 is 2.34 bits per heavy atom. The molecule has 0 unspecified atom stereocenters. The van der Waals surface area contributed by atoms with Crippen LogP contribution in [0.4, 0.5) is 5.69 Å². The molecule has 0 fully saturated rings. The molecule has 0 saturated carbocycles. The maximum atomic E-state index is 14.0. The van der Waals surface area contributed by atoms with Crippen LogP contribution in [0.15, 0.2) is 90.5 Å². The fourth-order valence-electron chi connectivity index (χ4n) is 5.90. The summed E-state index contributed by atoms with van der Waals surface area (Å²) in [5.41, 5.74) is 6.57. The summed E-state index contributed by atoms with van der Waals surface area (Å²) in [4.78, 5) is 14.0. The lowest BCUT2D eigenvalue weighted by atomic mass is 9.71. The van der Waals surface area contributed by atoms with E-state index in [9.17, 15) is 4.79 Å². The van der Waals surface area contributed by atoms with Crippen molar-refractivity contribution in [1.82, 2.24) is 0 Å². The van der Waals surface area contributed by atoms with Crippen LogP contribution in [0.3, 0.4) is 0 Å². The first-order valence-corrected chi connectivity index (χ1v) is 13.6. The van der Waals surface area contributed by atoms with Crippen molar-refractivity contribution < 1.29 is 14.3 Å². The predicted octanol–water partition coefficient (Wildman–Crippen LogP) is 8.09. The van der Waals surface area contributed by atoms with E-state index < -0.39 is 0 Å². The molecular weight excluding hydrogens is 470 g/mol. The Balaban J connectivity index is 1.42. The molecular formula is C34H33NO3. The second-order valence-corrected chi connectivity index (χ2v) is 10.3. The highest BCUT2D eigenvalue weighted by Crippen LogP contribution is 2.51. The number of ketones is 1. The number of hydrogen-bond donors (Lipinski definition) is 1. The van der Waals surface area contributed by atoms with Crippen LogP contribution in [0.2, 0.25) is 0 Å². The van der Waals surface area contributed by atoms with Gasteiger partial charge in [-0.3, -0.25) is 4.79 Å². The number of nitrogens with one attached hydrogen (secondary N) is 1. The first kappa shape index (κ1) is 24.3. The van der Waals surface area contributed by atoms with E-state index in [1.807, 2.05) is 24.3 Å². The Bertz CT molecular complexity index is 1500. The molecule has 0 radical (unpaired) electrons. The molecule has 1 heterocycles. The summed E-state index contributed by atoms with van der Waals surface area (Å²) in [6.45, 7) is 2.90. The molecule has 192 valence electrons. The lowest BCUT2D eigenvalue weighted by Crippen LogP contribution is -2.29. The normalized spacial score (nSPS) is 18.5. The van der Waals surface area contributed by atoms with E-state index in [1.165, 1.54) is 27.5 Å². The second-order valence-electron chi connectivity index (χ2n) is 10.3. The van der Waals surface area contributed by atoms with E-state index in [2.05, 4.69) is 72.9 Å². The predicted molar refractivity (Wildman–Crippen MR) is 154 cm³/mol. The van der Waals surface area contributed by atoms with E-state index in [4.69, 9.17) is 9.47 Å². The molecule has 1 aliphatic heterocycles. The molecule has 4 aromatic rings. The number of unbranched alkanes of at least 4 members (excludes halogenated alkanes) is 1. The van der Waals surface area contributed by atoms with Crippen LogP contribution in [-0.2, 0) is 4.79 Å². The van der Waals surface area contributed by atoms with Gasteiger partial charge in [-0.2, -0.15) is 0 Å². The number of benzene rings is 4. The number of Topliss-reactive ketones (excluding diaryl/α,β-unsaturated/α-hetero) is 1. The summed E-state index contributed by atoms with van der Waals surface area (Å²) in [7, 11) is 1.67. The van der Waals surface area contributed by atoms with Crippen LogP contribution in [0, 0.1) is 0 Å². The molecule has 2 atom stereocenters. The summed E-state index contributed by atoms with van der Waals surface area (Å²) in [6, 6.07) is 29.0. The zero-order valence-corrected chi connectivity index (χ0v) is 22.0. The van der Waals surface area contributed by atoms with Crippen LogP contribution < -0.4 is 14.8 Å².